The van der Waals surface area contributed by atoms with Gasteiger partial charge in [-0.15, -0.1) is 0 Å². The first-order chi connectivity index (χ1) is 9.28. The molecule has 1 aromatic rings. The second-order valence-corrected chi connectivity index (χ2v) is 9.73. The van der Waals surface area contributed by atoms with E-state index in [2.05, 4.69) is 0 Å². The fourth-order valence-electron chi connectivity index (χ4n) is 1.71. The van der Waals surface area contributed by atoms with E-state index in [9.17, 15) is 16.8 Å². The van der Waals surface area contributed by atoms with Gasteiger partial charge in [0.2, 0.25) is 0 Å². The van der Waals surface area contributed by atoms with E-state index in [1.54, 1.807) is 13.8 Å². The number of benzene rings is 1. The fraction of sp³-hybridized carbons (Fsp3) is 0.571. The van der Waals surface area contributed by atoms with Crippen LogP contribution in [0.2, 0.25) is 0 Å². The molecule has 20 heavy (non-hydrogen) atoms. The van der Waals surface area contributed by atoms with Crippen LogP contribution in [0.3, 0.4) is 0 Å². The van der Waals surface area contributed by atoms with E-state index in [1.165, 1.54) is 0 Å². The molecule has 0 aliphatic carbocycles. The van der Waals surface area contributed by atoms with Gasteiger partial charge >= 0.3 is 0 Å². The minimum absolute atomic E-state index is 0.160. The normalized spacial score (nSPS) is 12.5. The van der Waals surface area contributed by atoms with E-state index in [0.29, 0.717) is 12.8 Å². The summed E-state index contributed by atoms with van der Waals surface area (Å²) in [4.78, 5) is 0. The van der Waals surface area contributed by atoms with Crippen LogP contribution in [0.15, 0.2) is 24.3 Å². The monoisotopic (exact) mass is 318 g/mol. The Balaban J connectivity index is 2.57. The molecule has 4 nitrogen and oxygen atoms in total. The van der Waals surface area contributed by atoms with Gasteiger partial charge in [-0.1, -0.05) is 38.1 Å². The van der Waals surface area contributed by atoms with Crippen molar-refractivity contribution in [3.05, 3.63) is 35.4 Å². The summed E-state index contributed by atoms with van der Waals surface area (Å²) < 4.78 is 45.7. The van der Waals surface area contributed by atoms with Crippen molar-refractivity contribution < 1.29 is 16.8 Å². The summed E-state index contributed by atoms with van der Waals surface area (Å²) in [5, 5.41) is 0. The lowest BCUT2D eigenvalue weighted by Crippen LogP contribution is -2.11. The standard InChI is InChI=1S/C14H22O4S2/c1-3-19(15,16)11-9-13-5-7-14(8-6-13)10-12-20(17,18)4-2/h5-8H,3-4,9-12H2,1-2H3. The van der Waals surface area contributed by atoms with E-state index in [0.717, 1.165) is 11.1 Å². The van der Waals surface area contributed by atoms with Gasteiger partial charge in [0.05, 0.1) is 11.5 Å². The molecule has 0 amide bonds. The van der Waals surface area contributed by atoms with Gasteiger partial charge in [0, 0.05) is 11.5 Å². The Morgan fingerprint density at radius 3 is 1.25 bits per heavy atom. The molecule has 1 aromatic carbocycles. The molecular formula is C14H22O4S2. The van der Waals surface area contributed by atoms with Gasteiger partial charge in [-0.05, 0) is 24.0 Å². The van der Waals surface area contributed by atoms with E-state index in [4.69, 9.17) is 0 Å². The maximum atomic E-state index is 11.4. The molecule has 0 saturated carbocycles. The van der Waals surface area contributed by atoms with Crippen LogP contribution in [-0.2, 0) is 32.5 Å². The number of sulfone groups is 2. The van der Waals surface area contributed by atoms with Crippen molar-refractivity contribution in [2.24, 2.45) is 0 Å². The number of hydrogen-bond donors (Lipinski definition) is 0. The van der Waals surface area contributed by atoms with Crippen molar-refractivity contribution in [1.82, 2.24) is 0 Å². The zero-order valence-corrected chi connectivity index (χ0v) is 13.6. The minimum atomic E-state index is -2.94. The van der Waals surface area contributed by atoms with Crippen LogP contribution in [0.1, 0.15) is 25.0 Å². The molecule has 0 N–H and O–H groups in total. The summed E-state index contributed by atoms with van der Waals surface area (Å²) in [6.45, 7) is 3.29. The minimum Gasteiger partial charge on any atom is -0.229 e. The molecule has 1 rings (SSSR count). The fourth-order valence-corrected chi connectivity index (χ4v) is 3.38. The lowest BCUT2D eigenvalue weighted by Gasteiger charge is -2.05. The van der Waals surface area contributed by atoms with Gasteiger partial charge in [0.25, 0.3) is 0 Å². The van der Waals surface area contributed by atoms with Crippen molar-refractivity contribution in [3.63, 3.8) is 0 Å². The Morgan fingerprint density at radius 1 is 0.700 bits per heavy atom. The summed E-state index contributed by atoms with van der Waals surface area (Å²) in [6.07, 6.45) is 1.01. The highest BCUT2D eigenvalue weighted by Gasteiger charge is 2.09. The maximum absolute atomic E-state index is 11.4. The van der Waals surface area contributed by atoms with E-state index in [-0.39, 0.29) is 23.0 Å². The van der Waals surface area contributed by atoms with Gasteiger partial charge in [-0.2, -0.15) is 0 Å². The average molecular weight is 318 g/mol. The molecule has 0 aliphatic heterocycles. The molecule has 0 saturated heterocycles. The predicted octanol–water partition coefficient (Wildman–Crippen LogP) is 1.64. The third kappa shape index (κ3) is 6.05. The molecule has 0 spiro atoms. The topological polar surface area (TPSA) is 68.3 Å². The van der Waals surface area contributed by atoms with Crippen LogP contribution in [0.25, 0.3) is 0 Å². The van der Waals surface area contributed by atoms with E-state index < -0.39 is 19.7 Å². The first kappa shape index (κ1) is 17.2. The highest BCUT2D eigenvalue weighted by atomic mass is 32.2. The van der Waals surface area contributed by atoms with Gasteiger partial charge < -0.3 is 0 Å². The molecule has 0 atom stereocenters. The second-order valence-electron chi connectivity index (χ2n) is 4.79. The smallest absolute Gasteiger partial charge is 0.150 e. The molecule has 6 heteroatoms. The van der Waals surface area contributed by atoms with Crippen LogP contribution in [0.5, 0.6) is 0 Å². The van der Waals surface area contributed by atoms with Crippen LogP contribution in [0.4, 0.5) is 0 Å². The molecule has 0 aliphatic rings. The zero-order valence-electron chi connectivity index (χ0n) is 12.0. The van der Waals surface area contributed by atoms with Crippen LogP contribution in [-0.4, -0.2) is 39.8 Å². The van der Waals surface area contributed by atoms with Crippen molar-refractivity contribution in [2.45, 2.75) is 26.7 Å². The predicted molar refractivity (Wildman–Crippen MR) is 82.5 cm³/mol. The average Bonchev–Trinajstić information content (AvgIpc) is 2.44. The Morgan fingerprint density at radius 2 is 1.00 bits per heavy atom. The van der Waals surface area contributed by atoms with E-state index >= 15 is 0 Å². The Kier molecular flexibility index (Phi) is 6.20. The molecule has 0 fully saturated rings. The van der Waals surface area contributed by atoms with Gasteiger partial charge in [0.15, 0.2) is 0 Å². The van der Waals surface area contributed by atoms with E-state index in [1.807, 2.05) is 24.3 Å². The number of aryl methyl sites for hydroxylation is 2. The lowest BCUT2D eigenvalue weighted by atomic mass is 10.1. The van der Waals surface area contributed by atoms with Crippen LogP contribution >= 0.6 is 0 Å². The Hall–Kier alpha value is -0.880. The SMILES string of the molecule is CCS(=O)(=O)CCc1ccc(CCS(=O)(=O)CC)cc1. The van der Waals surface area contributed by atoms with Crippen molar-refractivity contribution in [2.75, 3.05) is 23.0 Å². The third-order valence-electron chi connectivity index (χ3n) is 3.31. The second kappa shape index (κ2) is 7.22. The highest BCUT2D eigenvalue weighted by molar-refractivity contribution is 7.91. The molecule has 0 aromatic heterocycles. The summed E-state index contributed by atoms with van der Waals surface area (Å²) in [6, 6.07) is 7.50. The third-order valence-corrected chi connectivity index (χ3v) is 6.72. The summed E-state index contributed by atoms with van der Waals surface area (Å²) in [7, 11) is -5.88. The number of rotatable bonds is 8. The summed E-state index contributed by atoms with van der Waals surface area (Å²) in [5.41, 5.74) is 1.92. The van der Waals surface area contributed by atoms with Gasteiger partial charge in [-0.25, -0.2) is 16.8 Å². The maximum Gasteiger partial charge on any atom is 0.150 e. The van der Waals surface area contributed by atoms with Gasteiger partial charge in [0.1, 0.15) is 19.7 Å². The first-order valence-corrected chi connectivity index (χ1v) is 10.4. The molecule has 114 valence electrons. The van der Waals surface area contributed by atoms with Crippen molar-refractivity contribution >= 4 is 19.7 Å². The molecule has 0 bridgehead atoms. The largest absolute Gasteiger partial charge is 0.229 e. The lowest BCUT2D eigenvalue weighted by molar-refractivity contribution is 0.594. The Bertz CT molecular complexity index is 557. The molecule has 0 unspecified atom stereocenters. The summed E-state index contributed by atoms with van der Waals surface area (Å²) in [5.74, 6) is 0.653. The summed E-state index contributed by atoms with van der Waals surface area (Å²) >= 11 is 0. The Labute approximate surface area is 122 Å². The highest BCUT2D eigenvalue weighted by Crippen LogP contribution is 2.08. The van der Waals surface area contributed by atoms with Crippen LogP contribution < -0.4 is 0 Å². The molecule has 0 radical (unpaired) electrons. The quantitative estimate of drug-likeness (QED) is 0.731. The zero-order chi connectivity index (χ0) is 15.2. The molecule has 0 heterocycles. The van der Waals surface area contributed by atoms with Crippen molar-refractivity contribution in [3.8, 4) is 0 Å². The van der Waals surface area contributed by atoms with Gasteiger partial charge in [-0.3, -0.25) is 0 Å². The first-order valence-electron chi connectivity index (χ1n) is 6.76. The number of hydrogen-bond acceptors (Lipinski definition) is 4. The van der Waals surface area contributed by atoms with Crippen LogP contribution in [0, 0.1) is 0 Å². The van der Waals surface area contributed by atoms with Crippen molar-refractivity contribution in [1.29, 1.82) is 0 Å². The molecular weight excluding hydrogens is 296 g/mol.